The minimum atomic E-state index is -3.55. The van der Waals surface area contributed by atoms with Crippen molar-refractivity contribution in [1.29, 1.82) is 0 Å². The normalized spacial score (nSPS) is 12.8. The first kappa shape index (κ1) is 19.9. The van der Waals surface area contributed by atoms with Crippen LogP contribution in [-0.2, 0) is 9.09 Å². The van der Waals surface area contributed by atoms with E-state index in [0.29, 0.717) is 0 Å². The average Bonchev–Trinajstić information content (AvgIpc) is 2.61. The fourth-order valence-electron chi connectivity index (χ4n) is 2.12. The Balaban J connectivity index is 2.54. The molecule has 142 valence electrons. The molecular formula is C14H12N3O9P. The zero-order valence-electron chi connectivity index (χ0n) is 13.9. The second-order valence-corrected chi connectivity index (χ2v) is 7.74. The van der Waals surface area contributed by atoms with E-state index in [1.54, 1.807) is 0 Å². The van der Waals surface area contributed by atoms with Gasteiger partial charge < -0.3 is 9.26 Å². The Bertz CT molecular complexity index is 992. The van der Waals surface area contributed by atoms with Gasteiger partial charge in [0.05, 0.1) is 20.8 Å². The van der Waals surface area contributed by atoms with Crippen LogP contribution in [0.5, 0.6) is 11.5 Å². The molecule has 0 saturated carbocycles. The maximum atomic E-state index is 12.4. The smallest absolute Gasteiger partial charge is 0.318 e. The molecule has 2 aromatic carbocycles. The van der Waals surface area contributed by atoms with Crippen molar-refractivity contribution < 1.29 is 28.6 Å². The molecule has 12 nitrogen and oxygen atoms in total. The molecule has 0 spiro atoms. The summed E-state index contributed by atoms with van der Waals surface area (Å²) in [4.78, 5) is 30.6. The van der Waals surface area contributed by atoms with E-state index in [1.807, 2.05) is 0 Å². The Morgan fingerprint density at radius 2 is 1.52 bits per heavy atom. The van der Waals surface area contributed by atoms with Crippen molar-refractivity contribution in [3.8, 4) is 11.5 Å². The standard InChI is InChI=1S/C14H12N3O9P/c1-25-27(2,24)14-8-10(4-5-11(14)16(20)21)26-13-6-3-9(15(18)19)7-12(13)17(22)23/h3-8H,1-2H3. The quantitative estimate of drug-likeness (QED) is 0.386. The molecule has 2 aromatic rings. The molecule has 1 atom stereocenters. The summed E-state index contributed by atoms with van der Waals surface area (Å²) >= 11 is 0. The van der Waals surface area contributed by atoms with Crippen molar-refractivity contribution >= 4 is 29.7 Å². The van der Waals surface area contributed by atoms with Crippen LogP contribution in [-0.4, -0.2) is 28.5 Å². The summed E-state index contributed by atoms with van der Waals surface area (Å²) < 4.78 is 22.6. The maximum absolute atomic E-state index is 12.4. The van der Waals surface area contributed by atoms with Crippen LogP contribution in [0.3, 0.4) is 0 Å². The molecule has 0 saturated heterocycles. The number of nitro groups is 3. The molecule has 1 unspecified atom stereocenters. The summed E-state index contributed by atoms with van der Waals surface area (Å²) in [5, 5.41) is 32.8. The summed E-state index contributed by atoms with van der Waals surface area (Å²) in [7, 11) is -2.42. The molecular weight excluding hydrogens is 385 g/mol. The lowest BCUT2D eigenvalue weighted by Gasteiger charge is -2.13. The second kappa shape index (κ2) is 7.48. The molecule has 0 amide bonds. The van der Waals surface area contributed by atoms with Crippen LogP contribution in [0.4, 0.5) is 17.1 Å². The van der Waals surface area contributed by atoms with E-state index in [1.165, 1.54) is 6.66 Å². The third kappa shape index (κ3) is 4.25. The van der Waals surface area contributed by atoms with Gasteiger partial charge in [-0.1, -0.05) is 0 Å². The van der Waals surface area contributed by atoms with Gasteiger partial charge in [0.1, 0.15) is 11.1 Å². The van der Waals surface area contributed by atoms with Gasteiger partial charge in [0.2, 0.25) is 13.1 Å². The first-order valence-electron chi connectivity index (χ1n) is 7.09. The predicted octanol–water partition coefficient (Wildman–Crippen LogP) is 3.38. The van der Waals surface area contributed by atoms with E-state index in [0.717, 1.165) is 43.5 Å². The summed E-state index contributed by atoms with van der Waals surface area (Å²) in [6.45, 7) is 1.17. The Labute approximate surface area is 151 Å². The zero-order valence-corrected chi connectivity index (χ0v) is 14.8. The highest BCUT2D eigenvalue weighted by Gasteiger charge is 2.29. The molecule has 0 aliphatic rings. The summed E-state index contributed by atoms with van der Waals surface area (Å²) in [6.07, 6.45) is 0. The largest absolute Gasteiger partial charge is 0.450 e. The average molecular weight is 397 g/mol. The van der Waals surface area contributed by atoms with Crippen LogP contribution in [0.1, 0.15) is 0 Å². The Hall–Kier alpha value is -3.37. The number of hydrogen-bond donors (Lipinski definition) is 0. The van der Waals surface area contributed by atoms with Crippen molar-refractivity contribution in [2.75, 3.05) is 13.8 Å². The van der Waals surface area contributed by atoms with Gasteiger partial charge in [-0.15, -0.1) is 0 Å². The van der Waals surface area contributed by atoms with E-state index in [4.69, 9.17) is 9.26 Å². The number of nitrogens with zero attached hydrogens (tertiary/aromatic N) is 3. The second-order valence-electron chi connectivity index (χ2n) is 5.20. The predicted molar refractivity (Wildman–Crippen MR) is 93.1 cm³/mol. The molecule has 0 fully saturated rings. The van der Waals surface area contributed by atoms with Crippen molar-refractivity contribution in [3.63, 3.8) is 0 Å². The van der Waals surface area contributed by atoms with Gasteiger partial charge in [0.25, 0.3) is 11.4 Å². The van der Waals surface area contributed by atoms with Crippen molar-refractivity contribution in [2.24, 2.45) is 0 Å². The number of rotatable bonds is 7. The minimum Gasteiger partial charge on any atom is -0.450 e. The summed E-state index contributed by atoms with van der Waals surface area (Å²) in [6, 6.07) is 6.02. The topological polar surface area (TPSA) is 165 Å². The van der Waals surface area contributed by atoms with Crippen LogP contribution < -0.4 is 10.0 Å². The molecule has 13 heteroatoms. The number of hydrogen-bond acceptors (Lipinski definition) is 9. The van der Waals surface area contributed by atoms with Gasteiger partial charge in [0, 0.05) is 32.0 Å². The SMILES string of the molecule is COP(C)(=O)c1cc(Oc2ccc([N+](=O)[O-])cc2[N+](=O)[O-])ccc1[N+](=O)[O-]. The Morgan fingerprint density at radius 1 is 0.889 bits per heavy atom. The minimum absolute atomic E-state index is 0.0910. The number of non-ortho nitro benzene ring substituents is 1. The first-order chi connectivity index (χ1) is 12.6. The molecule has 0 radical (unpaired) electrons. The summed E-state index contributed by atoms with van der Waals surface area (Å²) in [5.41, 5.74) is -1.64. The highest BCUT2D eigenvalue weighted by Crippen LogP contribution is 2.44. The van der Waals surface area contributed by atoms with Crippen LogP contribution in [0.25, 0.3) is 0 Å². The number of nitro benzene ring substituents is 3. The lowest BCUT2D eigenvalue weighted by molar-refractivity contribution is -0.394. The fraction of sp³-hybridized carbons (Fsp3) is 0.143. The number of ether oxygens (including phenoxy) is 1. The molecule has 0 aliphatic carbocycles. The van der Waals surface area contributed by atoms with Crippen LogP contribution in [0.2, 0.25) is 0 Å². The third-order valence-corrected chi connectivity index (χ3v) is 5.44. The van der Waals surface area contributed by atoms with Crippen molar-refractivity contribution in [3.05, 3.63) is 66.7 Å². The third-order valence-electron chi connectivity index (χ3n) is 3.51. The fourth-order valence-corrected chi connectivity index (χ4v) is 3.25. The molecule has 2 rings (SSSR count). The highest BCUT2D eigenvalue weighted by atomic mass is 31.2. The van der Waals surface area contributed by atoms with Gasteiger partial charge in [0.15, 0.2) is 0 Å². The molecule has 0 aromatic heterocycles. The van der Waals surface area contributed by atoms with Gasteiger partial charge >= 0.3 is 5.69 Å². The Kier molecular flexibility index (Phi) is 5.52. The molecule has 0 heterocycles. The lowest BCUT2D eigenvalue weighted by atomic mass is 10.2. The van der Waals surface area contributed by atoms with Crippen LogP contribution in [0, 0.1) is 30.3 Å². The van der Waals surface area contributed by atoms with Gasteiger partial charge in [-0.25, -0.2) is 0 Å². The molecule has 0 aliphatic heterocycles. The van der Waals surface area contributed by atoms with Gasteiger partial charge in [-0.3, -0.25) is 34.9 Å². The lowest BCUT2D eigenvalue weighted by Crippen LogP contribution is -2.11. The maximum Gasteiger partial charge on any atom is 0.318 e. The van der Waals surface area contributed by atoms with E-state index in [-0.39, 0.29) is 16.8 Å². The van der Waals surface area contributed by atoms with Gasteiger partial charge in [-0.2, -0.15) is 0 Å². The van der Waals surface area contributed by atoms with Gasteiger partial charge in [-0.05, 0) is 12.1 Å². The van der Waals surface area contributed by atoms with E-state index >= 15 is 0 Å². The highest BCUT2D eigenvalue weighted by molar-refractivity contribution is 7.66. The molecule has 27 heavy (non-hydrogen) atoms. The summed E-state index contributed by atoms with van der Waals surface area (Å²) in [5.74, 6) is -0.416. The van der Waals surface area contributed by atoms with Crippen LogP contribution in [0.15, 0.2) is 36.4 Å². The van der Waals surface area contributed by atoms with Crippen molar-refractivity contribution in [1.82, 2.24) is 0 Å². The van der Waals surface area contributed by atoms with Crippen LogP contribution >= 0.6 is 7.37 Å². The zero-order chi connectivity index (χ0) is 20.4. The Morgan fingerprint density at radius 3 is 2.04 bits per heavy atom. The van der Waals surface area contributed by atoms with E-state index in [2.05, 4.69) is 0 Å². The first-order valence-corrected chi connectivity index (χ1v) is 9.17. The van der Waals surface area contributed by atoms with E-state index < -0.39 is 39.2 Å². The molecule has 0 N–H and O–H groups in total. The molecule has 0 bridgehead atoms. The monoisotopic (exact) mass is 397 g/mol. The van der Waals surface area contributed by atoms with Crippen molar-refractivity contribution in [2.45, 2.75) is 0 Å². The number of benzene rings is 2. The van der Waals surface area contributed by atoms with E-state index in [9.17, 15) is 34.9 Å².